The highest BCUT2D eigenvalue weighted by atomic mass is 16.2. The van der Waals surface area contributed by atoms with Gasteiger partial charge in [-0.25, -0.2) is 0 Å². The molecular formula is C19H31NO. The topological polar surface area (TPSA) is 20.3 Å². The lowest BCUT2D eigenvalue weighted by Gasteiger charge is -2.65. The van der Waals surface area contributed by atoms with Gasteiger partial charge in [0.25, 0.3) is 0 Å². The van der Waals surface area contributed by atoms with Crippen LogP contribution in [0.4, 0.5) is 0 Å². The molecule has 4 bridgehead atoms. The first-order chi connectivity index (χ1) is 9.69. The standard InChI is InChI=1S/C19H31NO/c1-6-20(10-14(2)3)16(21)19-9-15-7-17(4,12-19)11-18(5,8-15)13-19/h15H,2,6-13H2,1,3-5H3. The molecule has 0 radical (unpaired) electrons. The Labute approximate surface area is 130 Å². The maximum absolute atomic E-state index is 13.3. The number of rotatable bonds is 4. The number of carbonyl (C=O) groups is 1. The number of carbonyl (C=O) groups excluding carboxylic acids is 1. The Morgan fingerprint density at radius 2 is 1.71 bits per heavy atom. The molecule has 0 heterocycles. The smallest absolute Gasteiger partial charge is 0.229 e. The highest BCUT2D eigenvalue weighted by Gasteiger charge is 2.63. The third-order valence-corrected chi connectivity index (χ3v) is 6.21. The molecule has 2 nitrogen and oxygen atoms in total. The maximum atomic E-state index is 13.3. The van der Waals surface area contributed by atoms with Gasteiger partial charge in [0.1, 0.15) is 0 Å². The quantitative estimate of drug-likeness (QED) is 0.702. The minimum atomic E-state index is -0.0611. The minimum Gasteiger partial charge on any atom is -0.339 e. The van der Waals surface area contributed by atoms with Gasteiger partial charge in [-0.05, 0) is 69.1 Å². The summed E-state index contributed by atoms with van der Waals surface area (Å²) in [5.41, 5.74) is 1.85. The van der Waals surface area contributed by atoms with E-state index < -0.39 is 0 Å². The number of nitrogens with zero attached hydrogens (tertiary/aromatic N) is 1. The zero-order valence-corrected chi connectivity index (χ0v) is 14.3. The first kappa shape index (κ1) is 15.1. The van der Waals surface area contributed by atoms with Crippen LogP contribution in [0.2, 0.25) is 0 Å². The predicted molar refractivity (Wildman–Crippen MR) is 86.9 cm³/mol. The van der Waals surface area contributed by atoms with Crippen LogP contribution in [0.3, 0.4) is 0 Å². The van der Waals surface area contributed by atoms with Gasteiger partial charge in [-0.3, -0.25) is 4.79 Å². The molecule has 0 spiro atoms. The third-order valence-electron chi connectivity index (χ3n) is 6.21. The van der Waals surface area contributed by atoms with E-state index in [1.54, 1.807) is 0 Å². The van der Waals surface area contributed by atoms with Gasteiger partial charge in [-0.2, -0.15) is 0 Å². The Kier molecular flexibility index (Phi) is 3.31. The molecule has 4 aliphatic carbocycles. The first-order valence-electron chi connectivity index (χ1n) is 8.63. The number of amides is 1. The summed E-state index contributed by atoms with van der Waals surface area (Å²) in [5.74, 6) is 1.21. The van der Waals surface area contributed by atoms with Crippen molar-refractivity contribution in [3.8, 4) is 0 Å². The highest BCUT2D eigenvalue weighted by Crippen LogP contribution is 2.69. The summed E-state index contributed by atoms with van der Waals surface area (Å²) in [6.07, 6.45) is 7.42. The van der Waals surface area contributed by atoms with Gasteiger partial charge in [0.15, 0.2) is 0 Å². The lowest BCUT2D eigenvalue weighted by molar-refractivity contribution is -0.179. The van der Waals surface area contributed by atoms with Gasteiger partial charge < -0.3 is 4.90 Å². The summed E-state index contributed by atoms with van der Waals surface area (Å²) in [4.78, 5) is 15.4. The van der Waals surface area contributed by atoms with Crippen molar-refractivity contribution in [2.24, 2.45) is 22.2 Å². The van der Waals surface area contributed by atoms with Gasteiger partial charge in [0, 0.05) is 13.1 Å². The Morgan fingerprint density at radius 3 is 2.14 bits per heavy atom. The monoisotopic (exact) mass is 289 g/mol. The summed E-state index contributed by atoms with van der Waals surface area (Å²) in [6.45, 7) is 14.6. The SMILES string of the molecule is C=C(C)CN(CC)C(=O)C12CC3CC(C)(CC(C)(C3)C1)C2. The fourth-order valence-electron chi connectivity index (χ4n) is 6.67. The van der Waals surface area contributed by atoms with Crippen LogP contribution in [0.1, 0.15) is 66.2 Å². The fraction of sp³-hybridized carbons (Fsp3) is 0.842. The van der Waals surface area contributed by atoms with Crippen LogP contribution in [-0.4, -0.2) is 23.9 Å². The zero-order chi connectivity index (χ0) is 15.5. The Balaban J connectivity index is 1.90. The molecule has 4 saturated carbocycles. The first-order valence-corrected chi connectivity index (χ1v) is 8.63. The summed E-state index contributed by atoms with van der Waals surface area (Å²) < 4.78 is 0. The number of hydrogen-bond donors (Lipinski definition) is 0. The highest BCUT2D eigenvalue weighted by molar-refractivity contribution is 5.83. The van der Waals surface area contributed by atoms with Crippen molar-refractivity contribution in [1.82, 2.24) is 4.90 Å². The molecule has 118 valence electrons. The van der Waals surface area contributed by atoms with Crippen LogP contribution in [0.25, 0.3) is 0 Å². The summed E-state index contributed by atoms with van der Waals surface area (Å²) in [7, 11) is 0. The minimum absolute atomic E-state index is 0.0611. The van der Waals surface area contributed by atoms with Gasteiger partial charge in [0.2, 0.25) is 5.91 Å². The van der Waals surface area contributed by atoms with Gasteiger partial charge in [-0.15, -0.1) is 0 Å². The molecule has 1 amide bonds. The third kappa shape index (κ3) is 2.45. The van der Waals surface area contributed by atoms with Crippen molar-refractivity contribution >= 4 is 5.91 Å². The molecular weight excluding hydrogens is 258 g/mol. The molecule has 0 aliphatic heterocycles. The van der Waals surface area contributed by atoms with E-state index in [1.165, 1.54) is 19.3 Å². The van der Waals surface area contributed by atoms with Crippen molar-refractivity contribution in [1.29, 1.82) is 0 Å². The molecule has 2 unspecified atom stereocenters. The average Bonchev–Trinajstić information content (AvgIpc) is 2.30. The second-order valence-electron chi connectivity index (χ2n) is 9.19. The van der Waals surface area contributed by atoms with E-state index in [1.807, 2.05) is 6.92 Å². The van der Waals surface area contributed by atoms with Crippen molar-refractivity contribution in [3.63, 3.8) is 0 Å². The van der Waals surface area contributed by atoms with E-state index >= 15 is 0 Å². The molecule has 2 atom stereocenters. The molecule has 0 aromatic heterocycles. The Bertz CT molecular complexity index is 462. The van der Waals surface area contributed by atoms with Crippen LogP contribution in [0, 0.1) is 22.2 Å². The summed E-state index contributed by atoms with van der Waals surface area (Å²) in [6, 6.07) is 0. The Morgan fingerprint density at radius 1 is 1.14 bits per heavy atom. The summed E-state index contributed by atoms with van der Waals surface area (Å²) >= 11 is 0. The molecule has 4 aliphatic rings. The molecule has 0 aromatic rings. The van der Waals surface area contributed by atoms with Crippen molar-refractivity contribution in [2.75, 3.05) is 13.1 Å². The molecule has 4 fully saturated rings. The molecule has 0 aromatic carbocycles. The van der Waals surface area contributed by atoms with Crippen LogP contribution < -0.4 is 0 Å². The van der Waals surface area contributed by atoms with Gasteiger partial charge in [-0.1, -0.05) is 26.0 Å². The molecule has 0 saturated heterocycles. The van der Waals surface area contributed by atoms with Gasteiger partial charge >= 0.3 is 0 Å². The maximum Gasteiger partial charge on any atom is 0.229 e. The van der Waals surface area contributed by atoms with Gasteiger partial charge in [0.05, 0.1) is 5.41 Å². The largest absolute Gasteiger partial charge is 0.339 e. The zero-order valence-electron chi connectivity index (χ0n) is 14.3. The molecule has 2 heteroatoms. The molecule has 21 heavy (non-hydrogen) atoms. The van der Waals surface area contributed by atoms with E-state index in [4.69, 9.17) is 0 Å². The lowest BCUT2D eigenvalue weighted by Crippen LogP contribution is -2.60. The van der Waals surface area contributed by atoms with Crippen molar-refractivity contribution in [2.45, 2.75) is 66.2 Å². The van der Waals surface area contributed by atoms with Crippen molar-refractivity contribution < 1.29 is 4.79 Å². The van der Waals surface area contributed by atoms with E-state index in [9.17, 15) is 4.79 Å². The normalized spacial score (nSPS) is 43.9. The van der Waals surface area contributed by atoms with E-state index in [-0.39, 0.29) is 5.41 Å². The van der Waals surface area contributed by atoms with Crippen LogP contribution >= 0.6 is 0 Å². The van der Waals surface area contributed by atoms with E-state index in [0.717, 1.165) is 43.8 Å². The van der Waals surface area contributed by atoms with Crippen LogP contribution in [-0.2, 0) is 4.79 Å². The van der Waals surface area contributed by atoms with Crippen molar-refractivity contribution in [3.05, 3.63) is 12.2 Å². The molecule has 4 rings (SSSR count). The fourth-order valence-corrected chi connectivity index (χ4v) is 6.67. The van der Waals surface area contributed by atoms with E-state index in [0.29, 0.717) is 16.7 Å². The Hall–Kier alpha value is -0.790. The second kappa shape index (κ2) is 4.60. The number of likely N-dealkylation sites (N-methyl/N-ethyl adjacent to an activating group) is 1. The van der Waals surface area contributed by atoms with Crippen LogP contribution in [0.15, 0.2) is 12.2 Å². The van der Waals surface area contributed by atoms with E-state index in [2.05, 4.69) is 32.3 Å². The van der Waals surface area contributed by atoms with Crippen LogP contribution in [0.5, 0.6) is 0 Å². The second-order valence-corrected chi connectivity index (χ2v) is 9.19. The average molecular weight is 289 g/mol. The summed E-state index contributed by atoms with van der Waals surface area (Å²) in [5, 5.41) is 0. The predicted octanol–water partition coefficient (Wildman–Crippen LogP) is 4.41. The number of hydrogen-bond acceptors (Lipinski definition) is 1. The lowest BCUT2D eigenvalue weighted by atomic mass is 9.40. The molecule has 0 N–H and O–H groups in total.